The molecule has 4 heteroatoms. The highest BCUT2D eigenvalue weighted by molar-refractivity contribution is 5.95. The molecular weight excluding hydrogens is 238 g/mol. The Balaban J connectivity index is 2.16. The van der Waals surface area contributed by atoms with E-state index >= 15 is 0 Å². The minimum absolute atomic E-state index is 0.567. The maximum absolute atomic E-state index is 11.2. The van der Waals surface area contributed by atoms with E-state index in [4.69, 9.17) is 0 Å². The number of nitrogens with one attached hydrogen (secondary N) is 1. The molecule has 1 atom stereocenters. The minimum atomic E-state index is -1.31. The zero-order valence-corrected chi connectivity index (χ0v) is 10.5. The van der Waals surface area contributed by atoms with Gasteiger partial charge in [0.05, 0.1) is 12.2 Å². The zero-order valence-electron chi connectivity index (χ0n) is 10.5. The topological polar surface area (TPSA) is 57.5 Å². The lowest BCUT2D eigenvalue weighted by Gasteiger charge is -2.28. The molecule has 1 aromatic heterocycles. The fraction of sp³-hybridized carbons (Fsp3) is 0.200. The van der Waals surface area contributed by atoms with E-state index in [1.807, 2.05) is 48.5 Å². The molecule has 0 saturated carbocycles. The highest BCUT2D eigenvalue weighted by Gasteiger charge is 2.39. The van der Waals surface area contributed by atoms with Crippen LogP contribution in [-0.4, -0.2) is 29.0 Å². The second-order valence-corrected chi connectivity index (χ2v) is 4.45. The summed E-state index contributed by atoms with van der Waals surface area (Å²) >= 11 is 0. The van der Waals surface area contributed by atoms with Gasteiger partial charge < -0.3 is 10.4 Å². The van der Waals surface area contributed by atoms with Crippen molar-refractivity contribution in [3.63, 3.8) is 0 Å². The maximum atomic E-state index is 11.2. The first-order valence-corrected chi connectivity index (χ1v) is 6.30. The van der Waals surface area contributed by atoms with Crippen LogP contribution in [0.15, 0.2) is 59.7 Å². The van der Waals surface area contributed by atoms with Crippen LogP contribution in [0.4, 0.5) is 0 Å². The highest BCUT2D eigenvalue weighted by Crippen LogP contribution is 2.29. The normalized spacial score (nSPS) is 17.4. The van der Waals surface area contributed by atoms with E-state index in [0.29, 0.717) is 18.1 Å². The van der Waals surface area contributed by atoms with Crippen molar-refractivity contribution < 1.29 is 5.11 Å². The van der Waals surface area contributed by atoms with Gasteiger partial charge in [0.25, 0.3) is 0 Å². The van der Waals surface area contributed by atoms with Gasteiger partial charge in [0.15, 0.2) is 5.60 Å². The van der Waals surface area contributed by atoms with E-state index < -0.39 is 5.60 Å². The third-order valence-corrected chi connectivity index (χ3v) is 3.24. The summed E-state index contributed by atoms with van der Waals surface area (Å²) in [5.74, 6) is 0.567. The molecule has 0 bridgehead atoms. The average Bonchev–Trinajstić information content (AvgIpc) is 3.03. The van der Waals surface area contributed by atoms with Gasteiger partial charge in [0.1, 0.15) is 5.84 Å². The molecule has 4 nitrogen and oxygen atoms in total. The van der Waals surface area contributed by atoms with Crippen LogP contribution in [0.5, 0.6) is 0 Å². The Morgan fingerprint density at radius 2 is 1.84 bits per heavy atom. The van der Waals surface area contributed by atoms with Crippen molar-refractivity contribution in [1.82, 2.24) is 10.3 Å². The number of pyridine rings is 1. The monoisotopic (exact) mass is 253 g/mol. The van der Waals surface area contributed by atoms with Gasteiger partial charge in [0, 0.05) is 12.7 Å². The number of aromatic nitrogens is 1. The summed E-state index contributed by atoms with van der Waals surface area (Å²) in [5, 5.41) is 14.4. The van der Waals surface area contributed by atoms with E-state index in [9.17, 15) is 5.11 Å². The van der Waals surface area contributed by atoms with Crippen LogP contribution in [-0.2, 0) is 5.60 Å². The number of nitrogens with zero attached hydrogens (tertiary/aromatic N) is 2. The summed E-state index contributed by atoms with van der Waals surface area (Å²) in [6, 6.07) is 15.0. The van der Waals surface area contributed by atoms with E-state index in [2.05, 4.69) is 15.3 Å². The third-order valence-electron chi connectivity index (χ3n) is 3.24. The first-order chi connectivity index (χ1) is 9.32. The molecule has 2 N–H and O–H groups in total. The Labute approximate surface area is 111 Å². The number of benzene rings is 1. The molecule has 3 rings (SSSR count). The summed E-state index contributed by atoms with van der Waals surface area (Å²) in [7, 11) is 0. The first-order valence-electron chi connectivity index (χ1n) is 6.30. The first kappa shape index (κ1) is 11.9. The third kappa shape index (κ3) is 2.00. The Morgan fingerprint density at radius 3 is 2.47 bits per heavy atom. The van der Waals surface area contributed by atoms with Crippen LogP contribution >= 0.6 is 0 Å². The molecule has 96 valence electrons. The maximum Gasteiger partial charge on any atom is 0.189 e. The fourth-order valence-corrected chi connectivity index (χ4v) is 2.30. The standard InChI is InChI=1S/C15H15N3O/c19-15(14-17-10-11-18-14,12-6-2-1-3-7-12)13-8-4-5-9-16-13/h1-9,19H,10-11H2,(H,17,18). The van der Waals surface area contributed by atoms with Crippen LogP contribution in [0, 0.1) is 0 Å². The molecule has 19 heavy (non-hydrogen) atoms. The van der Waals surface area contributed by atoms with Gasteiger partial charge in [0.2, 0.25) is 0 Å². The average molecular weight is 253 g/mol. The van der Waals surface area contributed by atoms with E-state index in [-0.39, 0.29) is 0 Å². The number of rotatable bonds is 3. The molecule has 1 aliphatic heterocycles. The SMILES string of the molecule is OC(C1=NCCN1)(c1ccccc1)c1ccccn1. The predicted molar refractivity (Wildman–Crippen MR) is 74.0 cm³/mol. The lowest BCUT2D eigenvalue weighted by atomic mass is 9.88. The number of hydrogen-bond acceptors (Lipinski definition) is 4. The van der Waals surface area contributed by atoms with E-state index in [1.54, 1.807) is 6.20 Å². The molecule has 0 spiro atoms. The zero-order chi connectivity index (χ0) is 13.1. The molecule has 0 saturated heterocycles. The van der Waals surface area contributed by atoms with Gasteiger partial charge in [-0.05, 0) is 17.7 Å². The highest BCUT2D eigenvalue weighted by atomic mass is 16.3. The molecular formula is C15H15N3O. The fourth-order valence-electron chi connectivity index (χ4n) is 2.30. The molecule has 2 aromatic rings. The van der Waals surface area contributed by atoms with Crippen molar-refractivity contribution in [1.29, 1.82) is 0 Å². The Bertz CT molecular complexity index is 541. The van der Waals surface area contributed by atoms with Crippen molar-refractivity contribution in [3.05, 3.63) is 66.0 Å². The quantitative estimate of drug-likeness (QED) is 0.867. The van der Waals surface area contributed by atoms with E-state index in [1.165, 1.54) is 0 Å². The molecule has 0 fully saturated rings. The smallest absolute Gasteiger partial charge is 0.189 e. The van der Waals surface area contributed by atoms with Crippen LogP contribution in [0.1, 0.15) is 11.3 Å². The van der Waals surface area contributed by atoms with Crippen molar-refractivity contribution in [3.8, 4) is 0 Å². The van der Waals surface area contributed by atoms with Crippen LogP contribution in [0.25, 0.3) is 0 Å². The molecule has 0 radical (unpaired) electrons. The Kier molecular flexibility index (Phi) is 3.01. The summed E-state index contributed by atoms with van der Waals surface area (Å²) < 4.78 is 0. The minimum Gasteiger partial charge on any atom is -0.372 e. The van der Waals surface area contributed by atoms with Crippen molar-refractivity contribution in [2.24, 2.45) is 4.99 Å². The van der Waals surface area contributed by atoms with Gasteiger partial charge in [-0.15, -0.1) is 0 Å². The summed E-state index contributed by atoms with van der Waals surface area (Å²) in [6.45, 7) is 1.43. The molecule has 2 heterocycles. The van der Waals surface area contributed by atoms with Gasteiger partial charge in [-0.1, -0.05) is 36.4 Å². The summed E-state index contributed by atoms with van der Waals surface area (Å²) in [4.78, 5) is 8.68. The Morgan fingerprint density at radius 1 is 1.05 bits per heavy atom. The van der Waals surface area contributed by atoms with Crippen molar-refractivity contribution in [2.45, 2.75) is 5.60 Å². The van der Waals surface area contributed by atoms with E-state index in [0.717, 1.165) is 12.1 Å². The molecule has 0 amide bonds. The summed E-state index contributed by atoms with van der Waals surface area (Å²) in [6.07, 6.45) is 1.68. The number of hydrogen-bond donors (Lipinski definition) is 2. The molecule has 1 aromatic carbocycles. The van der Waals surface area contributed by atoms with Gasteiger partial charge in [-0.3, -0.25) is 9.98 Å². The number of aliphatic imine (C=N–C) groups is 1. The van der Waals surface area contributed by atoms with Crippen molar-refractivity contribution in [2.75, 3.05) is 13.1 Å². The van der Waals surface area contributed by atoms with Crippen LogP contribution in [0.2, 0.25) is 0 Å². The summed E-state index contributed by atoms with van der Waals surface area (Å²) in [5.41, 5.74) is 0.0372. The number of aliphatic hydroxyl groups is 1. The lowest BCUT2D eigenvalue weighted by Crippen LogP contribution is -2.44. The molecule has 0 aliphatic carbocycles. The van der Waals surface area contributed by atoms with Gasteiger partial charge in [-0.25, -0.2) is 0 Å². The van der Waals surface area contributed by atoms with Crippen LogP contribution < -0.4 is 5.32 Å². The Hall–Kier alpha value is -2.20. The van der Waals surface area contributed by atoms with Crippen molar-refractivity contribution >= 4 is 5.84 Å². The molecule has 1 aliphatic rings. The molecule has 1 unspecified atom stereocenters. The second kappa shape index (κ2) is 4.82. The second-order valence-electron chi connectivity index (χ2n) is 4.45. The predicted octanol–water partition coefficient (Wildman–Crippen LogP) is 1.32. The number of amidine groups is 1. The van der Waals surface area contributed by atoms with Crippen LogP contribution in [0.3, 0.4) is 0 Å². The largest absolute Gasteiger partial charge is 0.372 e. The van der Waals surface area contributed by atoms with Gasteiger partial charge >= 0.3 is 0 Å². The lowest BCUT2D eigenvalue weighted by molar-refractivity contribution is 0.147. The van der Waals surface area contributed by atoms with Gasteiger partial charge in [-0.2, -0.15) is 0 Å².